The topological polar surface area (TPSA) is 61.8 Å². The molecular formula is C21H34IN5OS. The zero-order chi connectivity index (χ0) is 20.4. The zero-order valence-corrected chi connectivity index (χ0v) is 21.3. The Kier molecular flexibility index (Phi) is 12.2. The van der Waals surface area contributed by atoms with Gasteiger partial charge >= 0.3 is 0 Å². The van der Waals surface area contributed by atoms with Crippen LogP contribution in [0.3, 0.4) is 0 Å². The van der Waals surface area contributed by atoms with Crippen molar-refractivity contribution in [1.82, 2.24) is 20.5 Å². The number of hydrogen-bond donors (Lipinski definition) is 2. The van der Waals surface area contributed by atoms with Crippen LogP contribution in [0.15, 0.2) is 29.3 Å². The molecule has 1 aromatic carbocycles. The van der Waals surface area contributed by atoms with Crippen LogP contribution < -0.4 is 15.4 Å². The Hall–Kier alpha value is -1.39. The summed E-state index contributed by atoms with van der Waals surface area (Å²) in [6.45, 7) is 10.1. The Morgan fingerprint density at radius 1 is 1.17 bits per heavy atom. The molecule has 2 rings (SSSR count). The van der Waals surface area contributed by atoms with Gasteiger partial charge in [0.25, 0.3) is 0 Å². The summed E-state index contributed by atoms with van der Waals surface area (Å²) in [5.41, 5.74) is 2.26. The maximum Gasteiger partial charge on any atom is 0.191 e. The van der Waals surface area contributed by atoms with Crippen LogP contribution in [0.5, 0.6) is 5.75 Å². The van der Waals surface area contributed by atoms with Crippen LogP contribution in [0.4, 0.5) is 0 Å². The Morgan fingerprint density at radius 2 is 1.90 bits per heavy atom. The molecule has 0 aliphatic carbocycles. The van der Waals surface area contributed by atoms with E-state index in [4.69, 9.17) is 4.74 Å². The van der Waals surface area contributed by atoms with Crippen molar-refractivity contribution in [3.63, 3.8) is 0 Å². The monoisotopic (exact) mass is 531 g/mol. The fourth-order valence-electron chi connectivity index (χ4n) is 2.55. The van der Waals surface area contributed by atoms with Gasteiger partial charge < -0.3 is 20.3 Å². The van der Waals surface area contributed by atoms with Crippen molar-refractivity contribution >= 4 is 41.3 Å². The molecule has 0 saturated heterocycles. The Balaban J connectivity index is 0.00000420. The summed E-state index contributed by atoms with van der Waals surface area (Å²) in [7, 11) is 4.15. The lowest BCUT2D eigenvalue weighted by Crippen LogP contribution is -2.36. The van der Waals surface area contributed by atoms with Crippen molar-refractivity contribution in [2.45, 2.75) is 40.3 Å². The van der Waals surface area contributed by atoms with Gasteiger partial charge in [0, 0.05) is 18.0 Å². The molecule has 2 aromatic rings. The number of ether oxygens (including phenoxy) is 1. The number of halogens is 1. The second-order valence-electron chi connectivity index (χ2n) is 6.95. The van der Waals surface area contributed by atoms with Crippen molar-refractivity contribution in [1.29, 1.82) is 0 Å². The molecule has 0 amide bonds. The predicted molar refractivity (Wildman–Crippen MR) is 134 cm³/mol. The molecule has 1 aromatic heterocycles. The fraction of sp³-hybridized carbons (Fsp3) is 0.524. The number of benzene rings is 1. The molecule has 0 bridgehead atoms. The van der Waals surface area contributed by atoms with Crippen molar-refractivity contribution < 1.29 is 4.74 Å². The van der Waals surface area contributed by atoms with E-state index in [0.717, 1.165) is 54.1 Å². The van der Waals surface area contributed by atoms with E-state index < -0.39 is 0 Å². The maximum absolute atomic E-state index is 5.78. The van der Waals surface area contributed by atoms with Gasteiger partial charge in [-0.1, -0.05) is 12.1 Å². The first-order chi connectivity index (χ1) is 13.5. The molecule has 0 fully saturated rings. The van der Waals surface area contributed by atoms with E-state index in [-0.39, 0.29) is 24.0 Å². The van der Waals surface area contributed by atoms with E-state index in [1.165, 1.54) is 4.88 Å². The molecule has 162 valence electrons. The number of nitrogens with zero attached hydrogens (tertiary/aromatic N) is 3. The van der Waals surface area contributed by atoms with Crippen LogP contribution in [0, 0.1) is 13.8 Å². The lowest BCUT2D eigenvalue weighted by atomic mass is 10.2. The summed E-state index contributed by atoms with van der Waals surface area (Å²) in [5, 5.41) is 7.73. The minimum Gasteiger partial charge on any atom is -0.494 e. The average Bonchev–Trinajstić information content (AvgIpc) is 2.99. The summed E-state index contributed by atoms with van der Waals surface area (Å²) in [6, 6.07) is 8.17. The van der Waals surface area contributed by atoms with Crippen LogP contribution in [0.25, 0.3) is 0 Å². The minimum atomic E-state index is 0. The third-order valence-electron chi connectivity index (χ3n) is 4.19. The van der Waals surface area contributed by atoms with Crippen molar-refractivity contribution in [3.8, 4) is 5.75 Å². The molecule has 6 nitrogen and oxygen atoms in total. The smallest absolute Gasteiger partial charge is 0.191 e. The number of guanidine groups is 1. The van der Waals surface area contributed by atoms with Gasteiger partial charge in [0.1, 0.15) is 10.8 Å². The lowest BCUT2D eigenvalue weighted by molar-refractivity contribution is 0.281. The molecule has 0 saturated carbocycles. The second-order valence-corrected chi connectivity index (χ2v) is 8.23. The van der Waals surface area contributed by atoms with Gasteiger partial charge in [0.15, 0.2) is 5.96 Å². The van der Waals surface area contributed by atoms with Crippen molar-refractivity contribution in [3.05, 3.63) is 45.4 Å². The van der Waals surface area contributed by atoms with Crippen LogP contribution in [0.1, 0.15) is 34.5 Å². The van der Waals surface area contributed by atoms with Crippen LogP contribution in [0.2, 0.25) is 0 Å². The SMILES string of the molecule is CCNC(=NCc1ccc(OCCCN(C)C)cc1)NCc1nc(C)c(C)s1.I. The molecule has 29 heavy (non-hydrogen) atoms. The molecule has 0 aliphatic heterocycles. The highest BCUT2D eigenvalue weighted by Gasteiger charge is 2.05. The molecular weight excluding hydrogens is 497 g/mol. The standard InChI is InChI=1S/C21H33N5OS.HI/c1-6-22-21(24-15-20-25-16(2)17(3)28-20)23-14-18-8-10-19(11-9-18)27-13-7-12-26(4)5;/h8-11H,6-7,12-15H2,1-5H3,(H2,22,23,24);1H. The molecule has 0 atom stereocenters. The molecule has 0 aliphatic rings. The normalized spacial score (nSPS) is 11.3. The number of aryl methyl sites for hydroxylation is 2. The van der Waals surface area contributed by atoms with E-state index in [2.05, 4.69) is 65.6 Å². The number of rotatable bonds is 10. The Morgan fingerprint density at radius 3 is 2.48 bits per heavy atom. The molecule has 0 unspecified atom stereocenters. The quantitative estimate of drug-likeness (QED) is 0.210. The Labute approximate surface area is 196 Å². The maximum atomic E-state index is 5.78. The van der Waals surface area contributed by atoms with Gasteiger partial charge in [0.2, 0.25) is 0 Å². The molecule has 0 radical (unpaired) electrons. The van der Waals surface area contributed by atoms with E-state index >= 15 is 0 Å². The number of aliphatic imine (C=N–C) groups is 1. The van der Waals surface area contributed by atoms with Gasteiger partial charge in [-0.2, -0.15) is 0 Å². The van der Waals surface area contributed by atoms with Gasteiger partial charge in [-0.25, -0.2) is 9.98 Å². The first-order valence-electron chi connectivity index (χ1n) is 9.79. The van der Waals surface area contributed by atoms with Crippen molar-refractivity contribution in [2.75, 3.05) is 33.8 Å². The van der Waals surface area contributed by atoms with E-state index in [0.29, 0.717) is 13.1 Å². The number of nitrogens with one attached hydrogen (secondary N) is 2. The number of hydrogen-bond acceptors (Lipinski definition) is 5. The molecule has 8 heteroatoms. The van der Waals surface area contributed by atoms with Crippen LogP contribution in [-0.4, -0.2) is 49.6 Å². The summed E-state index contributed by atoms with van der Waals surface area (Å²) < 4.78 is 5.78. The van der Waals surface area contributed by atoms with Gasteiger partial charge in [0.05, 0.1) is 25.4 Å². The first kappa shape index (κ1) is 25.6. The third kappa shape index (κ3) is 9.77. The van der Waals surface area contributed by atoms with Crippen LogP contribution >= 0.6 is 35.3 Å². The molecule has 2 N–H and O–H groups in total. The third-order valence-corrected chi connectivity index (χ3v) is 5.26. The van der Waals surface area contributed by atoms with Gasteiger partial charge in [-0.05, 0) is 59.0 Å². The fourth-order valence-corrected chi connectivity index (χ4v) is 3.42. The summed E-state index contributed by atoms with van der Waals surface area (Å²) in [4.78, 5) is 12.7. The average molecular weight is 532 g/mol. The van der Waals surface area contributed by atoms with E-state index in [1.54, 1.807) is 11.3 Å². The van der Waals surface area contributed by atoms with Gasteiger partial charge in [-0.3, -0.25) is 0 Å². The summed E-state index contributed by atoms with van der Waals surface area (Å²) in [6.07, 6.45) is 1.02. The number of aromatic nitrogens is 1. The second kappa shape index (κ2) is 13.8. The predicted octanol–water partition coefficient (Wildman–Crippen LogP) is 3.96. The molecule has 0 spiro atoms. The highest BCUT2D eigenvalue weighted by molar-refractivity contribution is 14.0. The minimum absolute atomic E-state index is 0. The Bertz CT molecular complexity index is 727. The first-order valence-corrected chi connectivity index (χ1v) is 10.6. The number of thiazole rings is 1. The molecule has 1 heterocycles. The highest BCUT2D eigenvalue weighted by atomic mass is 127. The highest BCUT2D eigenvalue weighted by Crippen LogP contribution is 2.16. The zero-order valence-electron chi connectivity index (χ0n) is 18.1. The summed E-state index contributed by atoms with van der Waals surface area (Å²) >= 11 is 1.73. The van der Waals surface area contributed by atoms with Crippen molar-refractivity contribution in [2.24, 2.45) is 4.99 Å². The van der Waals surface area contributed by atoms with Crippen LogP contribution in [-0.2, 0) is 13.1 Å². The largest absolute Gasteiger partial charge is 0.494 e. The lowest BCUT2D eigenvalue weighted by Gasteiger charge is -2.11. The van der Waals surface area contributed by atoms with E-state index in [1.807, 2.05) is 19.1 Å². The summed E-state index contributed by atoms with van der Waals surface area (Å²) in [5.74, 6) is 1.71. The van der Waals surface area contributed by atoms with Gasteiger partial charge in [-0.15, -0.1) is 35.3 Å². The van der Waals surface area contributed by atoms with E-state index in [9.17, 15) is 0 Å².